The van der Waals surface area contributed by atoms with E-state index in [2.05, 4.69) is 20.6 Å². The number of benzene rings is 1. The minimum Gasteiger partial charge on any atom is -0.469 e. The lowest BCUT2D eigenvalue weighted by molar-refractivity contribution is 0.0948. The van der Waals surface area contributed by atoms with E-state index < -0.39 is 0 Å². The van der Waals surface area contributed by atoms with Crippen LogP contribution in [0.5, 0.6) is 0 Å². The molecule has 3 aromatic heterocycles. The molecule has 2 amide bonds. The second-order valence-corrected chi connectivity index (χ2v) is 6.84. The van der Waals surface area contributed by atoms with Gasteiger partial charge in [0.05, 0.1) is 18.4 Å². The van der Waals surface area contributed by atoms with Gasteiger partial charge in [-0.15, -0.1) is 0 Å². The second-order valence-electron chi connectivity index (χ2n) is 6.84. The fraction of sp³-hybridized carbons (Fsp3) is 0.130. The first-order valence-corrected chi connectivity index (χ1v) is 9.62. The lowest BCUT2D eigenvalue weighted by atomic mass is 10.2. The molecule has 0 aliphatic heterocycles. The van der Waals surface area contributed by atoms with Crippen LogP contribution in [0.15, 0.2) is 69.8 Å². The summed E-state index contributed by atoms with van der Waals surface area (Å²) in [5.74, 6) is 1.01. The summed E-state index contributed by atoms with van der Waals surface area (Å²) in [6.45, 7) is 3.73. The van der Waals surface area contributed by atoms with Crippen molar-refractivity contribution in [3.8, 4) is 11.5 Å². The van der Waals surface area contributed by atoms with Gasteiger partial charge >= 0.3 is 0 Å². The molecule has 4 rings (SSSR count). The number of hydrogen-bond donors (Lipinski definition) is 2. The first-order chi connectivity index (χ1) is 15.0. The quantitative estimate of drug-likeness (QED) is 0.489. The molecule has 0 aliphatic carbocycles. The summed E-state index contributed by atoms with van der Waals surface area (Å²) in [4.78, 5) is 33.2. The highest BCUT2D eigenvalue weighted by Gasteiger charge is 2.16. The van der Waals surface area contributed by atoms with Crippen molar-refractivity contribution in [3.63, 3.8) is 0 Å². The lowest BCUT2D eigenvalue weighted by Crippen LogP contribution is -2.23. The third kappa shape index (κ3) is 4.53. The monoisotopic (exact) mass is 416 g/mol. The van der Waals surface area contributed by atoms with Gasteiger partial charge in [-0.25, -0.2) is 4.98 Å². The highest BCUT2D eigenvalue weighted by Crippen LogP contribution is 2.24. The highest BCUT2D eigenvalue weighted by molar-refractivity contribution is 6.03. The van der Waals surface area contributed by atoms with E-state index in [1.807, 2.05) is 6.07 Å². The van der Waals surface area contributed by atoms with Gasteiger partial charge in [0, 0.05) is 17.4 Å². The van der Waals surface area contributed by atoms with Gasteiger partial charge in [0.2, 0.25) is 5.89 Å². The van der Waals surface area contributed by atoms with Crippen LogP contribution in [0.4, 0.5) is 5.69 Å². The zero-order chi connectivity index (χ0) is 21.8. The first-order valence-electron chi connectivity index (χ1n) is 9.62. The van der Waals surface area contributed by atoms with E-state index in [1.165, 1.54) is 6.26 Å². The van der Waals surface area contributed by atoms with Gasteiger partial charge in [-0.2, -0.15) is 0 Å². The Kier molecular flexibility index (Phi) is 5.61. The molecule has 0 radical (unpaired) electrons. The number of rotatable bonds is 6. The van der Waals surface area contributed by atoms with Crippen LogP contribution >= 0.6 is 0 Å². The van der Waals surface area contributed by atoms with Crippen molar-refractivity contribution in [3.05, 3.63) is 89.5 Å². The molecule has 0 fully saturated rings. The fourth-order valence-electron chi connectivity index (χ4n) is 3.02. The van der Waals surface area contributed by atoms with E-state index in [-0.39, 0.29) is 18.4 Å². The minimum absolute atomic E-state index is 0.217. The van der Waals surface area contributed by atoms with Crippen molar-refractivity contribution in [2.24, 2.45) is 0 Å². The number of oxazole rings is 1. The average Bonchev–Trinajstić information content (AvgIpc) is 3.38. The highest BCUT2D eigenvalue weighted by atomic mass is 16.4. The number of aromatic nitrogens is 2. The SMILES string of the molecule is Cc1occc1C(=O)NCc1nc(-c2cccc(NC(=O)c3ccccn3)c2)oc1C. The Morgan fingerprint density at radius 3 is 2.61 bits per heavy atom. The summed E-state index contributed by atoms with van der Waals surface area (Å²) in [5, 5.41) is 5.63. The van der Waals surface area contributed by atoms with Gasteiger partial charge in [-0.3, -0.25) is 14.6 Å². The predicted octanol–water partition coefficient (Wildman–Crippen LogP) is 4.13. The van der Waals surface area contributed by atoms with Gasteiger partial charge in [-0.1, -0.05) is 12.1 Å². The van der Waals surface area contributed by atoms with Crippen molar-refractivity contribution in [2.45, 2.75) is 20.4 Å². The molecular formula is C23H20N4O4. The minimum atomic E-state index is -0.306. The molecule has 3 heterocycles. The molecule has 0 spiro atoms. The maximum Gasteiger partial charge on any atom is 0.274 e. The molecule has 8 nitrogen and oxygen atoms in total. The summed E-state index contributed by atoms with van der Waals surface area (Å²) in [6.07, 6.45) is 3.04. The molecule has 0 atom stereocenters. The summed E-state index contributed by atoms with van der Waals surface area (Å²) >= 11 is 0. The molecule has 1 aromatic carbocycles. The van der Waals surface area contributed by atoms with Crippen LogP contribution < -0.4 is 10.6 Å². The largest absolute Gasteiger partial charge is 0.469 e. The van der Waals surface area contributed by atoms with Crippen molar-refractivity contribution < 1.29 is 18.4 Å². The molecule has 2 N–H and O–H groups in total. The smallest absolute Gasteiger partial charge is 0.274 e. The van der Waals surface area contributed by atoms with Crippen molar-refractivity contribution >= 4 is 17.5 Å². The molecule has 156 valence electrons. The van der Waals surface area contributed by atoms with Gasteiger partial charge in [-0.05, 0) is 50.2 Å². The van der Waals surface area contributed by atoms with E-state index in [0.29, 0.717) is 45.6 Å². The third-order valence-electron chi connectivity index (χ3n) is 4.68. The van der Waals surface area contributed by atoms with Gasteiger partial charge in [0.25, 0.3) is 11.8 Å². The van der Waals surface area contributed by atoms with Crippen LogP contribution in [-0.4, -0.2) is 21.8 Å². The Bertz CT molecular complexity index is 1230. The van der Waals surface area contributed by atoms with Gasteiger partial charge < -0.3 is 19.5 Å². The van der Waals surface area contributed by atoms with Crippen LogP contribution in [0.3, 0.4) is 0 Å². The average molecular weight is 416 g/mol. The lowest BCUT2D eigenvalue weighted by Gasteiger charge is -2.05. The maximum atomic E-state index is 12.3. The molecule has 0 saturated heterocycles. The zero-order valence-electron chi connectivity index (χ0n) is 17.0. The Balaban J connectivity index is 1.46. The number of amides is 2. The molecule has 8 heteroatoms. The van der Waals surface area contributed by atoms with Crippen LogP contribution in [0.1, 0.15) is 38.1 Å². The van der Waals surface area contributed by atoms with Crippen LogP contribution in [0, 0.1) is 13.8 Å². The Labute approximate surface area is 178 Å². The van der Waals surface area contributed by atoms with Crippen LogP contribution in [0.25, 0.3) is 11.5 Å². The van der Waals surface area contributed by atoms with E-state index in [0.717, 1.165) is 0 Å². The number of pyridine rings is 1. The number of carbonyl (C=O) groups is 2. The third-order valence-corrected chi connectivity index (χ3v) is 4.68. The van der Waals surface area contributed by atoms with Crippen molar-refractivity contribution in [1.82, 2.24) is 15.3 Å². The number of nitrogens with zero attached hydrogens (tertiary/aromatic N) is 2. The predicted molar refractivity (Wildman–Crippen MR) is 113 cm³/mol. The number of hydrogen-bond acceptors (Lipinski definition) is 6. The number of anilines is 1. The van der Waals surface area contributed by atoms with E-state index in [9.17, 15) is 9.59 Å². The van der Waals surface area contributed by atoms with E-state index in [4.69, 9.17) is 8.83 Å². The Hall–Kier alpha value is -4.20. The van der Waals surface area contributed by atoms with E-state index in [1.54, 1.807) is 62.5 Å². The molecule has 0 aliphatic rings. The van der Waals surface area contributed by atoms with Crippen molar-refractivity contribution in [2.75, 3.05) is 5.32 Å². The molecule has 0 bridgehead atoms. The molecule has 31 heavy (non-hydrogen) atoms. The molecule has 0 saturated carbocycles. The first kappa shape index (κ1) is 20.1. The number of aryl methyl sites for hydroxylation is 2. The van der Waals surface area contributed by atoms with Crippen LogP contribution in [0.2, 0.25) is 0 Å². The molecule has 4 aromatic rings. The Morgan fingerprint density at radius 1 is 1.00 bits per heavy atom. The molecular weight excluding hydrogens is 396 g/mol. The standard InChI is InChI=1S/C23H20N4O4/c1-14-18(9-11-30-14)21(28)25-13-20-15(2)31-23(27-20)16-6-5-7-17(12-16)26-22(29)19-8-3-4-10-24-19/h3-12H,13H2,1-2H3,(H,25,28)(H,26,29). The summed E-state index contributed by atoms with van der Waals surface area (Å²) in [5.41, 5.74) is 2.72. The topological polar surface area (TPSA) is 110 Å². The zero-order valence-corrected chi connectivity index (χ0v) is 17.0. The maximum absolute atomic E-state index is 12.3. The van der Waals surface area contributed by atoms with Crippen molar-refractivity contribution in [1.29, 1.82) is 0 Å². The normalized spacial score (nSPS) is 10.6. The summed E-state index contributed by atoms with van der Waals surface area (Å²) < 4.78 is 10.9. The fourth-order valence-corrected chi connectivity index (χ4v) is 3.02. The van der Waals surface area contributed by atoms with Gasteiger partial charge in [0.15, 0.2) is 0 Å². The number of furan rings is 1. The number of carbonyl (C=O) groups excluding carboxylic acids is 2. The summed E-state index contributed by atoms with van der Waals surface area (Å²) in [6, 6.07) is 13.9. The molecule has 0 unspecified atom stereocenters. The van der Waals surface area contributed by atoms with Gasteiger partial charge in [0.1, 0.15) is 22.9 Å². The Morgan fingerprint density at radius 2 is 1.87 bits per heavy atom. The summed E-state index contributed by atoms with van der Waals surface area (Å²) in [7, 11) is 0. The van der Waals surface area contributed by atoms with Crippen LogP contribution in [-0.2, 0) is 6.54 Å². The number of nitrogens with one attached hydrogen (secondary N) is 2. The second kappa shape index (κ2) is 8.66. The van der Waals surface area contributed by atoms with E-state index >= 15 is 0 Å².